The van der Waals surface area contributed by atoms with Crippen LogP contribution in [0.5, 0.6) is 0 Å². The highest BCUT2D eigenvalue weighted by Crippen LogP contribution is 2.57. The minimum absolute atomic E-state index is 0.0420. The van der Waals surface area contributed by atoms with Crippen LogP contribution < -0.4 is 4.90 Å². The molecule has 2 aliphatic heterocycles. The van der Waals surface area contributed by atoms with Crippen LogP contribution >= 0.6 is 0 Å². The molecule has 2 saturated carbocycles. The molecule has 218 valence electrons. The Kier molecular flexibility index (Phi) is 5.75. The van der Waals surface area contributed by atoms with Gasteiger partial charge < -0.3 is 24.2 Å². The van der Waals surface area contributed by atoms with Crippen molar-refractivity contribution >= 4 is 28.7 Å². The zero-order chi connectivity index (χ0) is 29.0. The number of amides is 2. The van der Waals surface area contributed by atoms with Gasteiger partial charge in [-0.1, -0.05) is 20.8 Å². The van der Waals surface area contributed by atoms with Crippen molar-refractivity contribution in [3.63, 3.8) is 0 Å². The lowest BCUT2D eigenvalue weighted by atomic mass is 9.61. The first-order valence-corrected chi connectivity index (χ1v) is 14.3. The minimum atomic E-state index is -2.55. The summed E-state index contributed by atoms with van der Waals surface area (Å²) in [5.41, 5.74) is 0.0687. The fourth-order valence-electron chi connectivity index (χ4n) is 7.31. The number of aromatic nitrogens is 1. The number of rotatable bonds is 3. The Balaban J connectivity index is 1.22. The normalized spacial score (nSPS) is 28.7. The number of hydrogen-bond donors (Lipinski definition) is 1. The highest BCUT2D eigenvalue weighted by molar-refractivity contribution is 5.97. The first-order chi connectivity index (χ1) is 18.4. The highest BCUT2D eigenvalue weighted by Gasteiger charge is 2.62. The fourth-order valence-corrected chi connectivity index (χ4v) is 7.31. The van der Waals surface area contributed by atoms with Crippen LogP contribution in [0.3, 0.4) is 0 Å². The summed E-state index contributed by atoms with van der Waals surface area (Å²) in [5, 5.41) is 10.1. The summed E-state index contributed by atoms with van der Waals surface area (Å²) < 4.78 is 33.3. The van der Waals surface area contributed by atoms with E-state index in [1.807, 2.05) is 29.7 Å². The molecule has 10 heteroatoms. The number of alkyl halides is 2. The molecule has 4 aliphatic rings. The van der Waals surface area contributed by atoms with Gasteiger partial charge in [0.2, 0.25) is 11.8 Å². The van der Waals surface area contributed by atoms with Crippen LogP contribution in [0.15, 0.2) is 16.5 Å². The number of aliphatic hydroxyl groups is 1. The van der Waals surface area contributed by atoms with E-state index in [-0.39, 0.29) is 47.2 Å². The average molecular weight is 559 g/mol. The zero-order valence-electron chi connectivity index (χ0n) is 24.3. The lowest BCUT2D eigenvalue weighted by Gasteiger charge is -2.59. The van der Waals surface area contributed by atoms with Crippen molar-refractivity contribution < 1.29 is 27.9 Å². The quantitative estimate of drug-likeness (QED) is 0.593. The maximum absolute atomic E-state index is 13.8. The number of carbonyl (C=O) groups excluding carboxylic acids is 2. The van der Waals surface area contributed by atoms with Crippen LogP contribution in [-0.2, 0) is 10.2 Å². The van der Waals surface area contributed by atoms with Gasteiger partial charge in [0.05, 0.1) is 11.1 Å². The topological polar surface area (TPSA) is 90.1 Å². The molecule has 2 aromatic rings. The van der Waals surface area contributed by atoms with E-state index < -0.39 is 17.1 Å². The lowest BCUT2D eigenvalue weighted by Crippen LogP contribution is -2.66. The lowest BCUT2D eigenvalue weighted by molar-refractivity contribution is -0.170. The minimum Gasteiger partial charge on any atom is -0.449 e. The second kappa shape index (κ2) is 8.39. The molecule has 0 atom stereocenters. The molecule has 0 radical (unpaired) electrons. The standard InChI is InChI=1S/C30H40F2N4O4/c1-26(2,3)19-9-22(35-16-29(17-35)13-30(31,32)14-29)33-20-10-21(40-23(19)20)25(38)36-8-7-34(15-27(36,4)5)24(37)18-11-28(6,39)12-18/h9-10,18,39H,7-8,11-17H2,1-6H3. The highest BCUT2D eigenvalue weighted by atomic mass is 19.3. The Hall–Kier alpha value is -2.75. The third-order valence-corrected chi connectivity index (χ3v) is 9.31. The van der Waals surface area contributed by atoms with Crippen LogP contribution in [0.1, 0.15) is 83.3 Å². The van der Waals surface area contributed by atoms with Crippen molar-refractivity contribution in [1.82, 2.24) is 14.8 Å². The average Bonchev–Trinajstić information content (AvgIpc) is 3.20. The molecule has 2 saturated heterocycles. The van der Waals surface area contributed by atoms with Crippen molar-refractivity contribution in [1.29, 1.82) is 0 Å². The predicted molar refractivity (Wildman–Crippen MR) is 147 cm³/mol. The number of hydrogen-bond acceptors (Lipinski definition) is 6. The molecule has 4 fully saturated rings. The molecule has 0 aromatic carbocycles. The maximum Gasteiger partial charge on any atom is 0.290 e. The van der Waals surface area contributed by atoms with Gasteiger partial charge in [0.25, 0.3) is 5.91 Å². The van der Waals surface area contributed by atoms with Crippen molar-refractivity contribution in [2.45, 2.75) is 89.7 Å². The van der Waals surface area contributed by atoms with Gasteiger partial charge in [-0.15, -0.1) is 0 Å². The predicted octanol–water partition coefficient (Wildman–Crippen LogP) is 4.58. The SMILES string of the molecule is CC1(O)CC(C(=O)N2CCN(C(=O)c3cc4nc(N5CC6(C5)CC(F)(F)C6)cc(C(C)(C)C)c4o3)C(C)(C)C2)C1. The van der Waals surface area contributed by atoms with Gasteiger partial charge >= 0.3 is 0 Å². The summed E-state index contributed by atoms with van der Waals surface area (Å²) in [4.78, 5) is 37.2. The Morgan fingerprint density at radius 2 is 1.70 bits per heavy atom. The van der Waals surface area contributed by atoms with E-state index in [2.05, 4.69) is 20.8 Å². The van der Waals surface area contributed by atoms with Crippen molar-refractivity contribution in [2.75, 3.05) is 37.6 Å². The Bertz CT molecular complexity index is 1370. The van der Waals surface area contributed by atoms with Gasteiger partial charge in [0, 0.05) is 68.5 Å². The largest absolute Gasteiger partial charge is 0.449 e. The first kappa shape index (κ1) is 27.4. The van der Waals surface area contributed by atoms with Crippen LogP contribution in [0.2, 0.25) is 0 Å². The van der Waals surface area contributed by atoms with Crippen LogP contribution in [0.25, 0.3) is 11.1 Å². The van der Waals surface area contributed by atoms with E-state index >= 15 is 0 Å². The van der Waals surface area contributed by atoms with E-state index in [0.29, 0.717) is 56.7 Å². The molecular formula is C30H40F2N4O4. The molecule has 4 heterocycles. The Labute approximate surface area is 233 Å². The van der Waals surface area contributed by atoms with E-state index in [0.717, 1.165) is 11.4 Å². The summed E-state index contributed by atoms with van der Waals surface area (Å²) in [6, 6.07) is 3.66. The van der Waals surface area contributed by atoms with E-state index in [9.17, 15) is 23.5 Å². The van der Waals surface area contributed by atoms with E-state index in [1.165, 1.54) is 0 Å². The summed E-state index contributed by atoms with van der Waals surface area (Å²) in [6.07, 6.45) is 0.817. The summed E-state index contributed by atoms with van der Waals surface area (Å²) in [7, 11) is 0. The Morgan fingerprint density at radius 1 is 1.05 bits per heavy atom. The number of halogens is 2. The van der Waals surface area contributed by atoms with Gasteiger partial charge in [-0.25, -0.2) is 13.8 Å². The monoisotopic (exact) mass is 558 g/mol. The van der Waals surface area contributed by atoms with Crippen molar-refractivity contribution in [2.24, 2.45) is 11.3 Å². The number of carbonyl (C=O) groups is 2. The van der Waals surface area contributed by atoms with Gasteiger partial charge in [0.15, 0.2) is 11.3 Å². The van der Waals surface area contributed by atoms with Gasteiger partial charge in [-0.2, -0.15) is 0 Å². The van der Waals surface area contributed by atoms with Gasteiger partial charge in [0.1, 0.15) is 11.3 Å². The Morgan fingerprint density at radius 3 is 2.25 bits per heavy atom. The second-order valence-corrected chi connectivity index (χ2v) is 14.8. The van der Waals surface area contributed by atoms with Gasteiger partial charge in [-0.3, -0.25) is 9.59 Å². The van der Waals surface area contributed by atoms with Gasteiger partial charge in [-0.05, 0) is 45.1 Å². The molecule has 1 N–H and O–H groups in total. The van der Waals surface area contributed by atoms with E-state index in [1.54, 1.807) is 17.9 Å². The molecule has 2 aromatic heterocycles. The zero-order valence-corrected chi connectivity index (χ0v) is 24.3. The number of pyridine rings is 1. The molecule has 2 amide bonds. The molecule has 8 nitrogen and oxygen atoms in total. The number of anilines is 1. The molecule has 0 bridgehead atoms. The number of nitrogens with zero attached hydrogens (tertiary/aromatic N) is 4. The summed E-state index contributed by atoms with van der Waals surface area (Å²) in [5.74, 6) is -2.00. The molecule has 6 rings (SSSR count). The molecule has 40 heavy (non-hydrogen) atoms. The van der Waals surface area contributed by atoms with E-state index in [4.69, 9.17) is 9.40 Å². The fraction of sp³-hybridized carbons (Fsp3) is 0.700. The molecule has 2 aliphatic carbocycles. The number of piperazine rings is 1. The smallest absolute Gasteiger partial charge is 0.290 e. The number of furan rings is 1. The molecule has 0 unspecified atom stereocenters. The molecular weight excluding hydrogens is 518 g/mol. The van der Waals surface area contributed by atoms with Crippen molar-refractivity contribution in [3.05, 3.63) is 23.5 Å². The molecule has 1 spiro atoms. The van der Waals surface area contributed by atoms with Crippen LogP contribution in [-0.4, -0.2) is 81.5 Å². The summed E-state index contributed by atoms with van der Waals surface area (Å²) >= 11 is 0. The number of fused-ring (bicyclic) bond motifs is 1. The van der Waals surface area contributed by atoms with Crippen molar-refractivity contribution in [3.8, 4) is 0 Å². The maximum atomic E-state index is 13.8. The third kappa shape index (κ3) is 4.56. The summed E-state index contributed by atoms with van der Waals surface area (Å²) in [6.45, 7) is 14.2. The van der Waals surface area contributed by atoms with Crippen LogP contribution in [0, 0.1) is 11.3 Å². The first-order valence-electron chi connectivity index (χ1n) is 14.3. The second-order valence-electron chi connectivity index (χ2n) is 14.8. The third-order valence-electron chi connectivity index (χ3n) is 9.31. The van der Waals surface area contributed by atoms with Crippen LogP contribution in [0.4, 0.5) is 14.6 Å².